The predicted molar refractivity (Wildman–Crippen MR) is 256 cm³/mol. The number of benzene rings is 5. The Morgan fingerprint density at radius 3 is 1.70 bits per heavy atom. The van der Waals surface area contributed by atoms with Crippen molar-refractivity contribution in [3.63, 3.8) is 0 Å². The summed E-state index contributed by atoms with van der Waals surface area (Å²) in [5.74, 6) is -2.64. The number of nitrogens with zero attached hydrogens (tertiary/aromatic N) is 6. The average Bonchev–Trinajstić information content (AvgIpc) is 4.03. The number of methoxy groups -OCH3 is 1. The van der Waals surface area contributed by atoms with Gasteiger partial charge in [-0.3, -0.25) is 14.2 Å². The van der Waals surface area contributed by atoms with Gasteiger partial charge in [0.15, 0.2) is 20.8 Å². The molecule has 0 spiro atoms. The third-order valence-corrected chi connectivity index (χ3v) is 13.5. The number of rotatable bonds is 15. The maximum Gasteiger partial charge on any atom is 0.344 e. The first kappa shape index (κ1) is 50.1. The summed E-state index contributed by atoms with van der Waals surface area (Å²) in [6.07, 6.45) is 2.92. The summed E-state index contributed by atoms with van der Waals surface area (Å²) in [6.45, 7) is 0. The number of halogens is 4. The van der Waals surface area contributed by atoms with Gasteiger partial charge in [-0.25, -0.2) is 36.4 Å². The number of anilines is 3. The zero-order valence-corrected chi connectivity index (χ0v) is 39.9. The van der Waals surface area contributed by atoms with E-state index in [1.807, 2.05) is 0 Å². The van der Waals surface area contributed by atoms with Crippen LogP contribution in [0, 0.1) is 0 Å². The molecule has 1 amide bonds. The summed E-state index contributed by atoms with van der Waals surface area (Å²) in [6, 6.07) is 22.9. The quantitative estimate of drug-likeness (QED) is 0.0323. The number of phenols is 1. The maximum atomic E-state index is 12.8. The van der Waals surface area contributed by atoms with Crippen LogP contribution >= 0.6 is 69.1 Å². The van der Waals surface area contributed by atoms with Gasteiger partial charge in [-0.15, -0.1) is 32.9 Å². The number of carbonyl (C=O) groups is 3. The molecular formula is C40H29Cl4N9O10S4. The normalized spacial score (nSPS) is 11.7. The molecule has 5 aromatic carbocycles. The van der Waals surface area contributed by atoms with Crippen molar-refractivity contribution < 1.29 is 45.8 Å². The van der Waals surface area contributed by atoms with Crippen LogP contribution < -0.4 is 19.5 Å². The summed E-state index contributed by atoms with van der Waals surface area (Å²) in [5, 5.41) is 32.8. The van der Waals surface area contributed by atoms with Crippen LogP contribution in [0.3, 0.4) is 0 Å². The van der Waals surface area contributed by atoms with Gasteiger partial charge in [-0.05, 0) is 72.8 Å². The Morgan fingerprint density at radius 1 is 0.687 bits per heavy atom. The molecular weight excluding hydrogens is 1040 g/mol. The number of hydrogen-bond donors (Lipinski definition) is 4. The van der Waals surface area contributed by atoms with E-state index in [-0.39, 0.29) is 76.3 Å². The van der Waals surface area contributed by atoms with Crippen LogP contribution in [0.4, 0.5) is 38.7 Å². The highest BCUT2D eigenvalue weighted by Crippen LogP contribution is 2.46. The number of fused-ring (bicyclic) bond motifs is 1. The molecule has 0 unspecified atom stereocenters. The number of aromatic nitrogens is 2. The number of sulfonamides is 2. The molecule has 0 saturated heterocycles. The number of hydrogen-bond acceptors (Lipinski definition) is 18. The minimum absolute atomic E-state index is 0.0514. The number of azo groups is 2. The molecule has 0 saturated carbocycles. The molecule has 67 heavy (non-hydrogen) atoms. The van der Waals surface area contributed by atoms with E-state index in [4.69, 9.17) is 56.2 Å². The molecule has 0 aliphatic rings. The number of esters is 2. The fraction of sp³-hybridized carbons (Fsp3) is 0.0750. The second-order valence-corrected chi connectivity index (χ2v) is 20.1. The number of nitrogens with one attached hydrogen (secondary N) is 3. The Balaban J connectivity index is 0.000000591. The molecule has 0 fully saturated rings. The lowest BCUT2D eigenvalue weighted by molar-refractivity contribution is -0.132. The summed E-state index contributed by atoms with van der Waals surface area (Å²) in [5.41, 5.74) is 0.688. The van der Waals surface area contributed by atoms with E-state index in [2.05, 4.69) is 49.9 Å². The SMILES string of the molecule is COC(=O)c1ccccc1O.O=C(Nc1cccc2c(OC(=O)C(Cl)Cl)c(N=Nc3ccc(S(=O)(=O)Nc4nccs4)cc3)cc(N=Nc3ccc(S(=O)(=O)Nc4nccs4)cc3)c12)C(Cl)Cl. The average molecular weight is 1070 g/mol. The second kappa shape index (κ2) is 22.5. The number of ether oxygens (including phenoxy) is 2. The van der Waals surface area contributed by atoms with Gasteiger partial charge in [0, 0.05) is 33.9 Å². The molecule has 0 radical (unpaired) electrons. The topological polar surface area (TPSA) is 269 Å². The Hall–Kier alpha value is -6.31. The third-order valence-electron chi connectivity index (χ3n) is 8.37. The molecule has 7 rings (SSSR count). The molecule has 0 atom stereocenters. The fourth-order valence-electron chi connectivity index (χ4n) is 5.38. The molecule has 2 heterocycles. The largest absolute Gasteiger partial charge is 0.507 e. The van der Waals surface area contributed by atoms with E-state index in [1.54, 1.807) is 22.9 Å². The minimum atomic E-state index is -3.95. The van der Waals surface area contributed by atoms with Crippen molar-refractivity contribution in [2.75, 3.05) is 21.9 Å². The Morgan fingerprint density at radius 2 is 1.22 bits per heavy atom. The number of amides is 1. The van der Waals surface area contributed by atoms with Gasteiger partial charge in [0.05, 0.1) is 39.7 Å². The smallest absolute Gasteiger partial charge is 0.344 e. The zero-order chi connectivity index (χ0) is 48.3. The number of aromatic hydroxyl groups is 1. The first-order chi connectivity index (χ1) is 31.9. The molecule has 0 aliphatic heterocycles. The minimum Gasteiger partial charge on any atom is -0.507 e. The van der Waals surface area contributed by atoms with Crippen molar-refractivity contribution in [2.24, 2.45) is 20.5 Å². The first-order valence-electron chi connectivity index (χ1n) is 18.4. The van der Waals surface area contributed by atoms with Crippen LogP contribution in [0.5, 0.6) is 11.5 Å². The lowest BCUT2D eigenvalue weighted by Gasteiger charge is -2.16. The second-order valence-electron chi connectivity index (χ2n) is 12.8. The molecule has 0 bridgehead atoms. The summed E-state index contributed by atoms with van der Waals surface area (Å²) < 4.78 is 66.0. The number of alkyl halides is 4. The third kappa shape index (κ3) is 13.2. The van der Waals surface area contributed by atoms with Gasteiger partial charge in [-0.2, -0.15) is 10.2 Å². The molecule has 2 aromatic heterocycles. The predicted octanol–water partition coefficient (Wildman–Crippen LogP) is 10.8. The highest BCUT2D eigenvalue weighted by molar-refractivity contribution is 7.93. The van der Waals surface area contributed by atoms with Crippen molar-refractivity contribution in [3.8, 4) is 11.5 Å². The van der Waals surface area contributed by atoms with Crippen LogP contribution in [0.25, 0.3) is 10.8 Å². The van der Waals surface area contributed by atoms with Crippen molar-refractivity contribution >= 4 is 156 Å². The lowest BCUT2D eigenvalue weighted by atomic mass is 10.0. The molecule has 27 heteroatoms. The fourth-order valence-corrected chi connectivity index (χ4v) is 9.15. The number of phenolic OH excluding ortho intramolecular Hbond substituents is 1. The van der Waals surface area contributed by atoms with E-state index in [9.17, 15) is 31.2 Å². The van der Waals surface area contributed by atoms with Crippen LogP contribution in [-0.4, -0.2) is 66.5 Å². The van der Waals surface area contributed by atoms with E-state index in [1.165, 1.54) is 104 Å². The van der Waals surface area contributed by atoms with Gasteiger partial charge >= 0.3 is 11.9 Å². The van der Waals surface area contributed by atoms with Crippen LogP contribution in [-0.2, 0) is 34.4 Å². The van der Waals surface area contributed by atoms with Gasteiger partial charge < -0.3 is 19.9 Å². The van der Waals surface area contributed by atoms with Gasteiger partial charge in [0.2, 0.25) is 4.84 Å². The molecule has 0 aliphatic carbocycles. The van der Waals surface area contributed by atoms with Crippen molar-refractivity contribution in [3.05, 3.63) is 126 Å². The Labute approximate surface area is 408 Å². The van der Waals surface area contributed by atoms with Gasteiger partial charge in [0.25, 0.3) is 26.0 Å². The van der Waals surface area contributed by atoms with Gasteiger partial charge in [-0.1, -0.05) is 70.7 Å². The molecule has 19 nitrogen and oxygen atoms in total. The van der Waals surface area contributed by atoms with Crippen molar-refractivity contribution in [1.82, 2.24) is 9.97 Å². The van der Waals surface area contributed by atoms with E-state index in [0.717, 1.165) is 22.7 Å². The van der Waals surface area contributed by atoms with Crippen LogP contribution in [0.1, 0.15) is 10.4 Å². The van der Waals surface area contributed by atoms with Crippen LogP contribution in [0.2, 0.25) is 0 Å². The maximum absolute atomic E-state index is 12.8. The highest BCUT2D eigenvalue weighted by Gasteiger charge is 2.24. The number of carbonyl (C=O) groups excluding carboxylic acids is 3. The van der Waals surface area contributed by atoms with Crippen molar-refractivity contribution in [1.29, 1.82) is 0 Å². The number of para-hydroxylation sites is 1. The summed E-state index contributed by atoms with van der Waals surface area (Å²) in [4.78, 5) is 40.9. The standard InChI is InChI=1S/C32H21Cl4N9O7S4.C8H8O3/c33-27(34)29(46)39-22-3-1-2-21-25(22)23(42-40-17-4-8-19(9-5-17)55(48,49)44-31-37-12-14-53-31)16-24(26(21)52-30(47)28(35)36)43-41-18-6-10-20(11-7-18)56(50,51)45-32-38-13-15-54-32;1-11-8(10)6-4-2-3-5-7(6)9/h1-16,27-28H,(H,37,44)(H,38,45)(H,39,46);2-5,9H,1H3. The van der Waals surface area contributed by atoms with Gasteiger partial charge in [0.1, 0.15) is 17.0 Å². The Bertz CT molecular complexity index is 3180. The number of thiazole rings is 2. The van der Waals surface area contributed by atoms with Crippen LogP contribution in [0.15, 0.2) is 150 Å². The summed E-state index contributed by atoms with van der Waals surface area (Å²) in [7, 11) is -6.63. The van der Waals surface area contributed by atoms with E-state index < -0.39 is 47.6 Å². The zero-order valence-electron chi connectivity index (χ0n) is 33.7. The molecule has 346 valence electrons. The molecule has 4 N–H and O–H groups in total. The first-order valence-corrected chi connectivity index (χ1v) is 24.9. The molecule has 7 aromatic rings. The van der Waals surface area contributed by atoms with Crippen molar-refractivity contribution in [2.45, 2.75) is 19.5 Å². The van der Waals surface area contributed by atoms with E-state index >= 15 is 0 Å². The lowest BCUT2D eigenvalue weighted by Crippen LogP contribution is -2.19. The summed E-state index contributed by atoms with van der Waals surface area (Å²) >= 11 is 25.5. The monoisotopic (exact) mass is 1060 g/mol. The Kier molecular flexibility index (Phi) is 16.8. The highest BCUT2D eigenvalue weighted by atomic mass is 35.5. The van der Waals surface area contributed by atoms with E-state index in [0.29, 0.717) is 0 Å².